The summed E-state index contributed by atoms with van der Waals surface area (Å²) in [6.45, 7) is 3.90. The number of aryl methyl sites for hydroxylation is 1. The molecule has 0 aliphatic carbocycles. The molecule has 1 heterocycles. The summed E-state index contributed by atoms with van der Waals surface area (Å²) in [4.78, 5) is 2.63. The molecule has 0 aromatic heterocycles. The predicted octanol–water partition coefficient (Wildman–Crippen LogP) is 3.95. The Morgan fingerprint density at radius 1 is 0.826 bits per heavy atom. The van der Waals surface area contributed by atoms with Gasteiger partial charge in [0.25, 0.3) is 0 Å². The third-order valence-electron chi connectivity index (χ3n) is 4.72. The van der Waals surface area contributed by atoms with E-state index in [4.69, 9.17) is 4.74 Å². The second-order valence-corrected chi connectivity index (χ2v) is 6.37. The zero-order chi connectivity index (χ0) is 15.7. The molecule has 0 spiro atoms. The van der Waals surface area contributed by atoms with Crippen LogP contribution in [0.3, 0.4) is 0 Å². The van der Waals surface area contributed by atoms with Gasteiger partial charge >= 0.3 is 0 Å². The lowest BCUT2D eigenvalue weighted by molar-refractivity contribution is 0.0144. The molecule has 3 rings (SSSR count). The number of rotatable bonds is 7. The highest BCUT2D eigenvalue weighted by Crippen LogP contribution is 2.17. The Labute approximate surface area is 140 Å². The minimum absolute atomic E-state index is 0.630. The summed E-state index contributed by atoms with van der Waals surface area (Å²) in [6, 6.07) is 22.4. The molecule has 1 saturated heterocycles. The lowest BCUT2D eigenvalue weighted by Gasteiger charge is -2.34. The highest BCUT2D eigenvalue weighted by atomic mass is 16.5. The maximum atomic E-state index is 5.53. The Morgan fingerprint density at radius 3 is 2.09 bits per heavy atom. The fraction of sp³-hybridized carbons (Fsp3) is 0.429. The molecule has 0 radical (unpaired) electrons. The van der Waals surface area contributed by atoms with Gasteiger partial charge < -0.3 is 4.74 Å². The number of nitrogens with zero attached hydrogens (tertiary/aromatic N) is 1. The van der Waals surface area contributed by atoms with Gasteiger partial charge in [0, 0.05) is 19.1 Å². The van der Waals surface area contributed by atoms with Crippen molar-refractivity contribution in [2.45, 2.75) is 31.7 Å². The van der Waals surface area contributed by atoms with E-state index in [2.05, 4.69) is 65.6 Å². The van der Waals surface area contributed by atoms with E-state index < -0.39 is 0 Å². The normalized spacial score (nSPS) is 17.0. The molecule has 1 unspecified atom stereocenters. The Hall–Kier alpha value is -1.64. The summed E-state index contributed by atoms with van der Waals surface area (Å²) >= 11 is 0. The second kappa shape index (κ2) is 8.85. The Kier molecular flexibility index (Phi) is 6.25. The fourth-order valence-electron chi connectivity index (χ4n) is 3.43. The summed E-state index contributed by atoms with van der Waals surface area (Å²) in [6.07, 6.45) is 4.83. The molecule has 23 heavy (non-hydrogen) atoms. The molecule has 1 atom stereocenters. The average Bonchev–Trinajstić information content (AvgIpc) is 2.63. The van der Waals surface area contributed by atoms with Gasteiger partial charge in [0.15, 0.2) is 0 Å². The first-order chi connectivity index (χ1) is 11.4. The quantitative estimate of drug-likeness (QED) is 0.768. The molecular formula is C21H27NO. The van der Waals surface area contributed by atoms with Crippen molar-refractivity contribution in [3.8, 4) is 0 Å². The van der Waals surface area contributed by atoms with Gasteiger partial charge in [-0.2, -0.15) is 0 Å². The lowest BCUT2D eigenvalue weighted by Crippen LogP contribution is -2.44. The van der Waals surface area contributed by atoms with Gasteiger partial charge in [-0.15, -0.1) is 0 Å². The highest BCUT2D eigenvalue weighted by Gasteiger charge is 2.20. The van der Waals surface area contributed by atoms with Crippen LogP contribution in [0.5, 0.6) is 0 Å². The largest absolute Gasteiger partial charge is 0.379 e. The van der Waals surface area contributed by atoms with Crippen LogP contribution < -0.4 is 0 Å². The van der Waals surface area contributed by atoms with E-state index in [9.17, 15) is 0 Å². The van der Waals surface area contributed by atoms with Crippen LogP contribution in [0.2, 0.25) is 0 Å². The Morgan fingerprint density at radius 2 is 1.43 bits per heavy atom. The topological polar surface area (TPSA) is 12.5 Å². The monoisotopic (exact) mass is 309 g/mol. The molecule has 1 fully saturated rings. The zero-order valence-corrected chi connectivity index (χ0v) is 13.9. The molecule has 0 bridgehead atoms. The maximum absolute atomic E-state index is 5.53. The van der Waals surface area contributed by atoms with E-state index in [1.54, 1.807) is 0 Å². The van der Waals surface area contributed by atoms with E-state index in [1.807, 2.05) is 0 Å². The van der Waals surface area contributed by atoms with Crippen molar-refractivity contribution in [1.82, 2.24) is 4.90 Å². The van der Waals surface area contributed by atoms with Gasteiger partial charge in [-0.3, -0.25) is 4.90 Å². The predicted molar refractivity (Wildman–Crippen MR) is 95.7 cm³/mol. The first kappa shape index (κ1) is 16.2. The Bertz CT molecular complexity index is 549. The van der Waals surface area contributed by atoms with Crippen molar-refractivity contribution in [2.75, 3.05) is 26.3 Å². The fourth-order valence-corrected chi connectivity index (χ4v) is 3.43. The first-order valence-corrected chi connectivity index (χ1v) is 8.81. The molecular weight excluding hydrogens is 282 g/mol. The SMILES string of the molecule is c1ccc(CCCC(Cc2ccccc2)N2CCOCC2)cc1. The molecule has 2 aromatic carbocycles. The summed E-state index contributed by atoms with van der Waals surface area (Å²) < 4.78 is 5.53. The van der Waals surface area contributed by atoms with E-state index >= 15 is 0 Å². The van der Waals surface area contributed by atoms with Crippen molar-refractivity contribution in [2.24, 2.45) is 0 Å². The molecule has 2 aromatic rings. The second-order valence-electron chi connectivity index (χ2n) is 6.37. The van der Waals surface area contributed by atoms with Crippen LogP contribution in [-0.2, 0) is 17.6 Å². The molecule has 2 nitrogen and oxygen atoms in total. The van der Waals surface area contributed by atoms with Gasteiger partial charge in [-0.05, 0) is 36.8 Å². The molecule has 0 amide bonds. The number of benzene rings is 2. The van der Waals surface area contributed by atoms with Crippen LogP contribution >= 0.6 is 0 Å². The maximum Gasteiger partial charge on any atom is 0.0594 e. The van der Waals surface area contributed by atoms with Gasteiger partial charge in [-0.25, -0.2) is 0 Å². The molecule has 2 heteroatoms. The molecule has 0 N–H and O–H groups in total. The molecule has 0 saturated carbocycles. The van der Waals surface area contributed by atoms with Crippen LogP contribution in [-0.4, -0.2) is 37.2 Å². The first-order valence-electron chi connectivity index (χ1n) is 8.81. The highest BCUT2D eigenvalue weighted by molar-refractivity contribution is 5.17. The molecule has 122 valence electrons. The number of ether oxygens (including phenoxy) is 1. The zero-order valence-electron chi connectivity index (χ0n) is 13.9. The molecule has 1 aliphatic heterocycles. The van der Waals surface area contributed by atoms with E-state index in [0.717, 1.165) is 32.7 Å². The third-order valence-corrected chi connectivity index (χ3v) is 4.72. The van der Waals surface area contributed by atoms with Crippen LogP contribution in [0.15, 0.2) is 60.7 Å². The van der Waals surface area contributed by atoms with Crippen molar-refractivity contribution in [1.29, 1.82) is 0 Å². The van der Waals surface area contributed by atoms with E-state index in [0.29, 0.717) is 6.04 Å². The van der Waals surface area contributed by atoms with Crippen LogP contribution in [0.4, 0.5) is 0 Å². The van der Waals surface area contributed by atoms with Crippen molar-refractivity contribution in [3.63, 3.8) is 0 Å². The van der Waals surface area contributed by atoms with Crippen molar-refractivity contribution >= 4 is 0 Å². The minimum atomic E-state index is 0.630. The van der Waals surface area contributed by atoms with Gasteiger partial charge in [0.05, 0.1) is 13.2 Å². The lowest BCUT2D eigenvalue weighted by atomic mass is 9.97. The van der Waals surface area contributed by atoms with Crippen LogP contribution in [0.1, 0.15) is 24.0 Å². The standard InChI is InChI=1S/C21H27NO/c1-3-8-19(9-4-1)12-7-13-21(22-14-16-23-17-15-22)18-20-10-5-2-6-11-20/h1-6,8-11,21H,7,12-18H2. The van der Waals surface area contributed by atoms with Crippen molar-refractivity contribution < 1.29 is 4.74 Å². The van der Waals surface area contributed by atoms with Crippen LogP contribution in [0.25, 0.3) is 0 Å². The van der Waals surface area contributed by atoms with Gasteiger partial charge in [0.1, 0.15) is 0 Å². The minimum Gasteiger partial charge on any atom is -0.379 e. The van der Waals surface area contributed by atoms with Gasteiger partial charge in [0.2, 0.25) is 0 Å². The van der Waals surface area contributed by atoms with E-state index in [-0.39, 0.29) is 0 Å². The number of hydrogen-bond acceptors (Lipinski definition) is 2. The van der Waals surface area contributed by atoms with Gasteiger partial charge in [-0.1, -0.05) is 60.7 Å². The average molecular weight is 309 g/mol. The third kappa shape index (κ3) is 5.19. The molecule has 1 aliphatic rings. The van der Waals surface area contributed by atoms with E-state index in [1.165, 1.54) is 30.4 Å². The van der Waals surface area contributed by atoms with Crippen LogP contribution in [0, 0.1) is 0 Å². The smallest absolute Gasteiger partial charge is 0.0594 e. The summed E-state index contributed by atoms with van der Waals surface area (Å²) in [5.41, 5.74) is 2.90. The summed E-state index contributed by atoms with van der Waals surface area (Å²) in [5.74, 6) is 0. The number of hydrogen-bond donors (Lipinski definition) is 0. The Balaban J connectivity index is 1.57. The number of morpholine rings is 1. The van der Waals surface area contributed by atoms with Crippen molar-refractivity contribution in [3.05, 3.63) is 71.8 Å². The summed E-state index contributed by atoms with van der Waals surface area (Å²) in [5, 5.41) is 0. The summed E-state index contributed by atoms with van der Waals surface area (Å²) in [7, 11) is 0.